The van der Waals surface area contributed by atoms with Gasteiger partial charge < -0.3 is 10.2 Å². The van der Waals surface area contributed by atoms with Gasteiger partial charge in [0.15, 0.2) is 0 Å². The Balaban J connectivity index is 2.70. The lowest BCUT2D eigenvalue weighted by molar-refractivity contribution is 0.0215. The summed E-state index contributed by atoms with van der Waals surface area (Å²) >= 11 is 0. The summed E-state index contributed by atoms with van der Waals surface area (Å²) in [6.45, 7) is 5.81. The van der Waals surface area contributed by atoms with E-state index in [1.54, 1.807) is 6.92 Å². The molecular weight excluding hydrogens is 200 g/mol. The smallest absolute Gasteiger partial charge is 0.0802 e. The first kappa shape index (κ1) is 13.2. The van der Waals surface area contributed by atoms with Gasteiger partial charge in [0, 0.05) is 0 Å². The Hall–Kier alpha value is -0.860. The van der Waals surface area contributed by atoms with Crippen LogP contribution in [0.1, 0.15) is 43.7 Å². The molecule has 1 aromatic rings. The minimum absolute atomic E-state index is 0.324. The molecule has 0 amide bonds. The van der Waals surface area contributed by atoms with Gasteiger partial charge >= 0.3 is 0 Å². The van der Waals surface area contributed by atoms with Crippen LogP contribution in [0, 0.1) is 6.92 Å². The monoisotopic (exact) mass is 222 g/mol. The molecule has 0 radical (unpaired) electrons. The zero-order chi connectivity index (χ0) is 12.1. The van der Waals surface area contributed by atoms with Crippen LogP contribution in [0.15, 0.2) is 24.3 Å². The van der Waals surface area contributed by atoms with Gasteiger partial charge in [0.25, 0.3) is 0 Å². The first-order valence-corrected chi connectivity index (χ1v) is 5.97. The lowest BCUT2D eigenvalue weighted by Gasteiger charge is -2.21. The van der Waals surface area contributed by atoms with Gasteiger partial charge in [-0.15, -0.1) is 0 Å². The third kappa shape index (κ3) is 3.62. The van der Waals surface area contributed by atoms with E-state index < -0.39 is 12.2 Å². The number of rotatable bonds is 5. The largest absolute Gasteiger partial charge is 0.391 e. The van der Waals surface area contributed by atoms with Crippen molar-refractivity contribution in [2.45, 2.75) is 51.7 Å². The molecular formula is C14H22O2. The predicted octanol–water partition coefficient (Wildman–Crippen LogP) is 2.62. The summed E-state index contributed by atoms with van der Waals surface area (Å²) in [6.07, 6.45) is 0.315. The van der Waals surface area contributed by atoms with E-state index in [0.29, 0.717) is 12.3 Å². The Morgan fingerprint density at radius 2 is 1.69 bits per heavy atom. The fraction of sp³-hybridized carbons (Fsp3) is 0.571. The maximum atomic E-state index is 9.69. The minimum atomic E-state index is -0.653. The van der Waals surface area contributed by atoms with Gasteiger partial charge in [0.1, 0.15) is 0 Å². The summed E-state index contributed by atoms with van der Waals surface area (Å²) in [5.74, 6) is 0.324. The SMILES string of the molecule is CCC(CC(O)C(C)O)c1ccc(C)cc1. The van der Waals surface area contributed by atoms with Crippen molar-refractivity contribution in [2.75, 3.05) is 0 Å². The number of aliphatic hydroxyl groups is 2. The zero-order valence-corrected chi connectivity index (χ0v) is 10.4. The van der Waals surface area contributed by atoms with Crippen molar-refractivity contribution >= 4 is 0 Å². The van der Waals surface area contributed by atoms with Crippen molar-refractivity contribution in [1.82, 2.24) is 0 Å². The van der Waals surface area contributed by atoms with E-state index in [-0.39, 0.29) is 0 Å². The second-order valence-corrected chi connectivity index (χ2v) is 4.56. The van der Waals surface area contributed by atoms with Crippen LogP contribution >= 0.6 is 0 Å². The number of benzene rings is 1. The van der Waals surface area contributed by atoms with E-state index in [2.05, 4.69) is 38.1 Å². The summed E-state index contributed by atoms with van der Waals surface area (Å²) in [7, 11) is 0. The lowest BCUT2D eigenvalue weighted by Crippen LogP contribution is -2.24. The Morgan fingerprint density at radius 1 is 1.12 bits per heavy atom. The van der Waals surface area contributed by atoms with Crippen molar-refractivity contribution in [2.24, 2.45) is 0 Å². The van der Waals surface area contributed by atoms with Crippen LogP contribution < -0.4 is 0 Å². The molecule has 0 heterocycles. The fourth-order valence-electron chi connectivity index (χ4n) is 1.87. The van der Waals surface area contributed by atoms with Crippen LogP contribution in [0.25, 0.3) is 0 Å². The summed E-state index contributed by atoms with van der Waals surface area (Å²) in [5.41, 5.74) is 2.49. The molecule has 0 saturated carbocycles. The van der Waals surface area contributed by atoms with Gasteiger partial charge in [-0.2, -0.15) is 0 Å². The third-order valence-corrected chi connectivity index (χ3v) is 3.12. The molecule has 0 fully saturated rings. The molecule has 0 aliphatic heterocycles. The summed E-state index contributed by atoms with van der Waals surface area (Å²) in [4.78, 5) is 0. The standard InChI is InChI=1S/C14H22O2/c1-4-12(9-14(16)11(3)15)13-7-5-10(2)6-8-13/h5-8,11-12,14-16H,4,9H2,1-3H3. The minimum Gasteiger partial charge on any atom is -0.391 e. The van der Waals surface area contributed by atoms with Crippen LogP contribution in [0.5, 0.6) is 0 Å². The van der Waals surface area contributed by atoms with Crippen molar-refractivity contribution in [3.63, 3.8) is 0 Å². The van der Waals surface area contributed by atoms with Gasteiger partial charge in [-0.1, -0.05) is 36.8 Å². The number of aliphatic hydroxyl groups excluding tert-OH is 2. The van der Waals surface area contributed by atoms with Crippen LogP contribution in [0.4, 0.5) is 0 Å². The van der Waals surface area contributed by atoms with E-state index in [9.17, 15) is 10.2 Å². The molecule has 1 rings (SSSR count). The molecule has 90 valence electrons. The number of hydrogen-bond acceptors (Lipinski definition) is 2. The van der Waals surface area contributed by atoms with Crippen molar-refractivity contribution in [1.29, 1.82) is 0 Å². The first-order valence-electron chi connectivity index (χ1n) is 5.97. The topological polar surface area (TPSA) is 40.5 Å². The molecule has 0 bridgehead atoms. The highest BCUT2D eigenvalue weighted by Crippen LogP contribution is 2.25. The lowest BCUT2D eigenvalue weighted by atomic mass is 9.89. The summed E-state index contributed by atoms with van der Waals surface area (Å²) < 4.78 is 0. The van der Waals surface area contributed by atoms with Crippen molar-refractivity contribution in [3.05, 3.63) is 35.4 Å². The Morgan fingerprint density at radius 3 is 2.12 bits per heavy atom. The zero-order valence-electron chi connectivity index (χ0n) is 10.4. The number of hydrogen-bond donors (Lipinski definition) is 2. The molecule has 2 heteroatoms. The van der Waals surface area contributed by atoms with Crippen molar-refractivity contribution < 1.29 is 10.2 Å². The maximum Gasteiger partial charge on any atom is 0.0802 e. The van der Waals surface area contributed by atoms with Crippen LogP contribution in [0.3, 0.4) is 0 Å². The normalized spacial score (nSPS) is 16.8. The average molecular weight is 222 g/mol. The van der Waals surface area contributed by atoms with E-state index in [4.69, 9.17) is 0 Å². The number of aryl methyl sites for hydroxylation is 1. The molecule has 16 heavy (non-hydrogen) atoms. The Kier molecular flexibility index (Phi) is 4.97. The molecule has 3 atom stereocenters. The molecule has 0 aliphatic rings. The highest BCUT2D eigenvalue weighted by atomic mass is 16.3. The van der Waals surface area contributed by atoms with Gasteiger partial charge in [-0.05, 0) is 38.2 Å². The van der Waals surface area contributed by atoms with Crippen LogP contribution in [0.2, 0.25) is 0 Å². The van der Waals surface area contributed by atoms with Gasteiger partial charge in [0.2, 0.25) is 0 Å². The van der Waals surface area contributed by atoms with Gasteiger partial charge in [-0.25, -0.2) is 0 Å². The molecule has 0 aromatic heterocycles. The third-order valence-electron chi connectivity index (χ3n) is 3.12. The Labute approximate surface area is 97.9 Å². The molecule has 2 N–H and O–H groups in total. The molecule has 0 spiro atoms. The van der Waals surface area contributed by atoms with Crippen LogP contribution in [-0.4, -0.2) is 22.4 Å². The van der Waals surface area contributed by atoms with Gasteiger partial charge in [-0.3, -0.25) is 0 Å². The van der Waals surface area contributed by atoms with E-state index in [0.717, 1.165) is 6.42 Å². The second-order valence-electron chi connectivity index (χ2n) is 4.56. The van der Waals surface area contributed by atoms with E-state index >= 15 is 0 Å². The second kappa shape index (κ2) is 6.02. The molecule has 0 aliphatic carbocycles. The average Bonchev–Trinajstić information content (AvgIpc) is 2.26. The molecule has 1 aromatic carbocycles. The predicted molar refractivity (Wildman–Crippen MR) is 66.5 cm³/mol. The van der Waals surface area contributed by atoms with E-state index in [1.165, 1.54) is 11.1 Å². The van der Waals surface area contributed by atoms with Crippen molar-refractivity contribution in [3.8, 4) is 0 Å². The summed E-state index contributed by atoms with van der Waals surface area (Å²) in [5, 5.41) is 19.0. The highest BCUT2D eigenvalue weighted by Gasteiger charge is 2.18. The molecule has 3 unspecified atom stereocenters. The maximum absolute atomic E-state index is 9.69. The van der Waals surface area contributed by atoms with Gasteiger partial charge in [0.05, 0.1) is 12.2 Å². The fourth-order valence-corrected chi connectivity index (χ4v) is 1.87. The van der Waals surface area contributed by atoms with E-state index in [1.807, 2.05) is 0 Å². The molecule has 2 nitrogen and oxygen atoms in total. The molecule has 0 saturated heterocycles. The Bertz CT molecular complexity index is 303. The highest BCUT2D eigenvalue weighted by molar-refractivity contribution is 5.24. The van der Waals surface area contributed by atoms with Crippen LogP contribution in [-0.2, 0) is 0 Å². The quantitative estimate of drug-likeness (QED) is 0.804. The summed E-state index contributed by atoms with van der Waals surface area (Å²) in [6, 6.07) is 8.40. The first-order chi connectivity index (χ1) is 7.54.